The van der Waals surface area contributed by atoms with Gasteiger partial charge in [0, 0.05) is 45.3 Å². The zero-order valence-electron chi connectivity index (χ0n) is 11.8. The number of hydrogen-bond donors (Lipinski definition) is 2. The largest absolute Gasteiger partial charge is 0.388 e. The summed E-state index contributed by atoms with van der Waals surface area (Å²) in [4.78, 5) is 4.54. The molecule has 0 bridgehead atoms. The maximum atomic E-state index is 10.4. The second-order valence-corrected chi connectivity index (χ2v) is 5.51. The molecular formula is C15H21N3O2. The topological polar surface area (TPSA) is 58.8 Å². The van der Waals surface area contributed by atoms with E-state index in [1.54, 1.807) is 0 Å². The average Bonchev–Trinajstić information content (AvgIpc) is 2.76. The molecule has 2 aromatic heterocycles. The fourth-order valence-electron chi connectivity index (χ4n) is 2.72. The van der Waals surface area contributed by atoms with Crippen molar-refractivity contribution in [1.82, 2.24) is 14.7 Å². The van der Waals surface area contributed by atoms with Crippen LogP contribution in [0.25, 0.3) is 5.65 Å². The first-order valence-corrected chi connectivity index (χ1v) is 7.11. The SMILES string of the molecule is Cc1nc2ccccn2c1CNCC1(O)CCOCC1. The van der Waals surface area contributed by atoms with Crippen LogP contribution in [0.15, 0.2) is 24.4 Å². The Bertz CT molecular complexity index is 588. The van der Waals surface area contributed by atoms with Crippen molar-refractivity contribution >= 4 is 5.65 Å². The number of hydrogen-bond acceptors (Lipinski definition) is 4. The Balaban J connectivity index is 1.66. The van der Waals surface area contributed by atoms with Crippen molar-refractivity contribution in [2.24, 2.45) is 0 Å². The molecule has 1 fully saturated rings. The van der Waals surface area contributed by atoms with Crippen molar-refractivity contribution in [3.05, 3.63) is 35.8 Å². The zero-order valence-corrected chi connectivity index (χ0v) is 11.8. The summed E-state index contributed by atoms with van der Waals surface area (Å²) in [5.41, 5.74) is 2.51. The van der Waals surface area contributed by atoms with Crippen LogP contribution in [0.5, 0.6) is 0 Å². The predicted octanol–water partition coefficient (Wildman–Crippen LogP) is 1.27. The number of ether oxygens (including phenoxy) is 1. The van der Waals surface area contributed by atoms with E-state index in [4.69, 9.17) is 4.74 Å². The molecule has 3 rings (SSSR count). The van der Waals surface area contributed by atoms with Crippen LogP contribution < -0.4 is 5.32 Å². The second kappa shape index (κ2) is 5.52. The van der Waals surface area contributed by atoms with E-state index < -0.39 is 5.60 Å². The lowest BCUT2D eigenvalue weighted by Crippen LogP contribution is -2.44. The molecule has 108 valence electrons. The van der Waals surface area contributed by atoms with Crippen LogP contribution in [0.3, 0.4) is 0 Å². The molecule has 0 radical (unpaired) electrons. The van der Waals surface area contributed by atoms with E-state index in [0.717, 1.165) is 17.0 Å². The first kappa shape index (κ1) is 13.5. The van der Waals surface area contributed by atoms with Gasteiger partial charge in [-0.15, -0.1) is 0 Å². The average molecular weight is 275 g/mol. The number of fused-ring (bicyclic) bond motifs is 1. The third-order valence-corrected chi connectivity index (χ3v) is 4.00. The van der Waals surface area contributed by atoms with E-state index in [1.807, 2.05) is 31.3 Å². The number of aliphatic hydroxyl groups is 1. The standard InChI is InChI=1S/C15H21N3O2/c1-12-13(18-7-3-2-4-14(18)17-12)10-16-11-15(19)5-8-20-9-6-15/h2-4,7,16,19H,5-6,8-11H2,1H3. The number of aromatic nitrogens is 2. The lowest BCUT2D eigenvalue weighted by molar-refractivity contribution is -0.0617. The van der Waals surface area contributed by atoms with Crippen LogP contribution in [0.4, 0.5) is 0 Å². The molecule has 1 aliphatic heterocycles. The first-order chi connectivity index (χ1) is 9.68. The summed E-state index contributed by atoms with van der Waals surface area (Å²) in [7, 11) is 0. The minimum Gasteiger partial charge on any atom is -0.388 e. The van der Waals surface area contributed by atoms with Crippen LogP contribution in [0.2, 0.25) is 0 Å². The Morgan fingerprint density at radius 1 is 1.40 bits per heavy atom. The third kappa shape index (κ3) is 2.70. The van der Waals surface area contributed by atoms with Crippen molar-refractivity contribution in [1.29, 1.82) is 0 Å². The third-order valence-electron chi connectivity index (χ3n) is 4.00. The summed E-state index contributed by atoms with van der Waals surface area (Å²) in [6.45, 7) is 4.61. The molecule has 3 heterocycles. The van der Waals surface area contributed by atoms with Crippen molar-refractivity contribution < 1.29 is 9.84 Å². The molecule has 1 aliphatic rings. The van der Waals surface area contributed by atoms with Gasteiger partial charge in [-0.25, -0.2) is 4.98 Å². The minimum atomic E-state index is -0.632. The molecule has 0 aliphatic carbocycles. The predicted molar refractivity (Wildman–Crippen MR) is 76.6 cm³/mol. The van der Waals surface area contributed by atoms with Gasteiger partial charge in [-0.05, 0) is 19.1 Å². The highest BCUT2D eigenvalue weighted by atomic mass is 16.5. The highest BCUT2D eigenvalue weighted by Crippen LogP contribution is 2.19. The fourth-order valence-corrected chi connectivity index (χ4v) is 2.72. The van der Waals surface area contributed by atoms with Gasteiger partial charge in [0.25, 0.3) is 0 Å². The Morgan fingerprint density at radius 2 is 2.20 bits per heavy atom. The van der Waals surface area contributed by atoms with Crippen LogP contribution in [0, 0.1) is 6.92 Å². The van der Waals surface area contributed by atoms with Crippen molar-refractivity contribution in [2.75, 3.05) is 19.8 Å². The first-order valence-electron chi connectivity index (χ1n) is 7.11. The summed E-state index contributed by atoms with van der Waals surface area (Å²) in [5, 5.41) is 13.8. The Hall–Kier alpha value is -1.43. The van der Waals surface area contributed by atoms with Gasteiger partial charge in [-0.1, -0.05) is 6.07 Å². The van der Waals surface area contributed by atoms with Gasteiger partial charge in [-0.3, -0.25) is 0 Å². The maximum Gasteiger partial charge on any atom is 0.137 e. The molecule has 5 heteroatoms. The van der Waals surface area contributed by atoms with Gasteiger partial charge in [0.1, 0.15) is 5.65 Å². The number of aryl methyl sites for hydroxylation is 1. The monoisotopic (exact) mass is 275 g/mol. The molecule has 0 amide bonds. The molecule has 0 aromatic carbocycles. The Labute approximate surface area is 118 Å². The van der Waals surface area contributed by atoms with E-state index in [9.17, 15) is 5.11 Å². The Kier molecular flexibility index (Phi) is 3.74. The van der Waals surface area contributed by atoms with Crippen LogP contribution in [-0.4, -0.2) is 39.9 Å². The van der Waals surface area contributed by atoms with Crippen LogP contribution in [-0.2, 0) is 11.3 Å². The summed E-state index contributed by atoms with van der Waals surface area (Å²) < 4.78 is 7.39. The minimum absolute atomic E-state index is 0.593. The second-order valence-electron chi connectivity index (χ2n) is 5.51. The molecule has 5 nitrogen and oxygen atoms in total. The molecule has 1 saturated heterocycles. The highest BCUT2D eigenvalue weighted by molar-refractivity contribution is 5.42. The number of nitrogens with one attached hydrogen (secondary N) is 1. The van der Waals surface area contributed by atoms with E-state index in [2.05, 4.69) is 14.7 Å². The summed E-state index contributed by atoms with van der Waals surface area (Å²) in [5.74, 6) is 0. The number of rotatable bonds is 4. The van der Waals surface area contributed by atoms with Gasteiger partial charge in [0.2, 0.25) is 0 Å². The molecule has 2 N–H and O–H groups in total. The molecule has 0 atom stereocenters. The fraction of sp³-hybridized carbons (Fsp3) is 0.533. The maximum absolute atomic E-state index is 10.4. The number of pyridine rings is 1. The van der Waals surface area contributed by atoms with Gasteiger partial charge >= 0.3 is 0 Å². The van der Waals surface area contributed by atoms with Gasteiger partial charge in [0.05, 0.1) is 17.0 Å². The molecular weight excluding hydrogens is 254 g/mol. The van der Waals surface area contributed by atoms with E-state index in [1.165, 1.54) is 0 Å². The van der Waals surface area contributed by atoms with Gasteiger partial charge < -0.3 is 19.6 Å². The quantitative estimate of drug-likeness (QED) is 0.882. The molecule has 2 aromatic rings. The highest BCUT2D eigenvalue weighted by Gasteiger charge is 2.29. The van der Waals surface area contributed by atoms with Gasteiger partial charge in [-0.2, -0.15) is 0 Å². The van der Waals surface area contributed by atoms with E-state index >= 15 is 0 Å². The zero-order chi connectivity index (χ0) is 14.0. The summed E-state index contributed by atoms with van der Waals surface area (Å²) >= 11 is 0. The normalized spacial score (nSPS) is 18.5. The van der Waals surface area contributed by atoms with Crippen molar-refractivity contribution in [3.8, 4) is 0 Å². The van der Waals surface area contributed by atoms with E-state index in [0.29, 0.717) is 39.1 Å². The van der Waals surface area contributed by atoms with Crippen molar-refractivity contribution in [2.45, 2.75) is 31.9 Å². The van der Waals surface area contributed by atoms with Crippen LogP contribution in [0.1, 0.15) is 24.2 Å². The smallest absolute Gasteiger partial charge is 0.137 e. The molecule has 0 unspecified atom stereocenters. The lowest BCUT2D eigenvalue weighted by atomic mass is 9.94. The lowest BCUT2D eigenvalue weighted by Gasteiger charge is -2.32. The molecule has 0 saturated carbocycles. The van der Waals surface area contributed by atoms with Crippen molar-refractivity contribution in [3.63, 3.8) is 0 Å². The molecule has 0 spiro atoms. The number of imidazole rings is 1. The van der Waals surface area contributed by atoms with Crippen LogP contribution >= 0.6 is 0 Å². The molecule has 20 heavy (non-hydrogen) atoms. The number of nitrogens with zero attached hydrogens (tertiary/aromatic N) is 2. The Morgan fingerprint density at radius 3 is 3.00 bits per heavy atom. The van der Waals surface area contributed by atoms with E-state index in [-0.39, 0.29) is 0 Å². The van der Waals surface area contributed by atoms with Gasteiger partial charge in [0.15, 0.2) is 0 Å². The summed E-state index contributed by atoms with van der Waals surface area (Å²) in [6, 6.07) is 6.00. The summed E-state index contributed by atoms with van der Waals surface area (Å²) in [6.07, 6.45) is 3.42.